The Balaban J connectivity index is 0.000000224. The Morgan fingerprint density at radius 1 is 1.37 bits per heavy atom. The number of alkyl halides is 3. The first kappa shape index (κ1) is 15.6. The van der Waals surface area contributed by atoms with Gasteiger partial charge in [-0.25, -0.2) is 4.79 Å². The van der Waals surface area contributed by atoms with Crippen LogP contribution in [0.3, 0.4) is 0 Å². The predicted molar refractivity (Wildman–Crippen MR) is 62.4 cm³/mol. The number of aliphatic carboxylic acids is 1. The quantitative estimate of drug-likeness (QED) is 0.879. The molecule has 2 rings (SSSR count). The predicted octanol–water partition coefficient (Wildman–Crippen LogP) is 2.32. The number of para-hydroxylation sites is 1. The van der Waals surface area contributed by atoms with Crippen molar-refractivity contribution in [2.75, 3.05) is 13.1 Å². The molecule has 2 N–H and O–H groups in total. The molecule has 0 amide bonds. The molecule has 1 saturated heterocycles. The minimum absolute atomic E-state index is 0.296. The highest BCUT2D eigenvalue weighted by Gasteiger charge is 2.38. The molecule has 19 heavy (non-hydrogen) atoms. The van der Waals surface area contributed by atoms with Crippen LogP contribution in [-0.4, -0.2) is 36.4 Å². The van der Waals surface area contributed by atoms with Crippen LogP contribution >= 0.6 is 11.6 Å². The van der Waals surface area contributed by atoms with E-state index in [0.29, 0.717) is 11.1 Å². The van der Waals surface area contributed by atoms with Crippen molar-refractivity contribution in [3.05, 3.63) is 29.3 Å². The molecule has 4 nitrogen and oxygen atoms in total. The highest BCUT2D eigenvalue weighted by Crippen LogP contribution is 2.24. The van der Waals surface area contributed by atoms with E-state index in [1.165, 1.54) is 0 Å². The summed E-state index contributed by atoms with van der Waals surface area (Å²) in [4.78, 5) is 8.90. The standard InChI is InChI=1S/C9H10ClNO.C2HF3O2/c10-8-3-1-2-4-9(8)12-7-5-11-6-7;3-2(4,5)1(6)7/h1-4,7,11H,5-6H2;(H,6,7). The van der Waals surface area contributed by atoms with Gasteiger partial charge in [-0.1, -0.05) is 23.7 Å². The van der Waals surface area contributed by atoms with Gasteiger partial charge in [0.2, 0.25) is 0 Å². The number of nitrogens with one attached hydrogen (secondary N) is 1. The number of benzene rings is 1. The lowest BCUT2D eigenvalue weighted by Gasteiger charge is -2.28. The molecule has 0 aromatic heterocycles. The van der Waals surface area contributed by atoms with E-state index in [1.807, 2.05) is 24.3 Å². The number of halogens is 4. The summed E-state index contributed by atoms with van der Waals surface area (Å²) < 4.78 is 37.3. The summed E-state index contributed by atoms with van der Waals surface area (Å²) in [6.45, 7) is 1.84. The molecule has 0 saturated carbocycles. The Bertz CT molecular complexity index is 435. The maximum atomic E-state index is 10.6. The van der Waals surface area contributed by atoms with E-state index in [0.717, 1.165) is 18.8 Å². The molecule has 1 aliphatic rings. The van der Waals surface area contributed by atoms with Crippen LogP contribution < -0.4 is 10.1 Å². The van der Waals surface area contributed by atoms with Crippen molar-refractivity contribution in [1.82, 2.24) is 5.32 Å². The van der Waals surface area contributed by atoms with E-state index in [2.05, 4.69) is 5.32 Å². The minimum Gasteiger partial charge on any atom is -0.486 e. The fourth-order valence-electron chi connectivity index (χ4n) is 1.07. The van der Waals surface area contributed by atoms with Gasteiger partial charge in [-0.2, -0.15) is 13.2 Å². The van der Waals surface area contributed by atoms with Gasteiger partial charge >= 0.3 is 12.1 Å². The van der Waals surface area contributed by atoms with Crippen molar-refractivity contribution in [2.24, 2.45) is 0 Å². The lowest BCUT2D eigenvalue weighted by Crippen LogP contribution is -2.50. The summed E-state index contributed by atoms with van der Waals surface area (Å²) in [6.07, 6.45) is -4.79. The average molecular weight is 298 g/mol. The van der Waals surface area contributed by atoms with Gasteiger partial charge in [0.25, 0.3) is 0 Å². The third kappa shape index (κ3) is 5.35. The Labute approximate surface area is 112 Å². The van der Waals surface area contributed by atoms with Gasteiger partial charge in [0.15, 0.2) is 0 Å². The molecule has 0 unspecified atom stereocenters. The number of hydrogen-bond donors (Lipinski definition) is 2. The van der Waals surface area contributed by atoms with Gasteiger partial charge in [0.1, 0.15) is 11.9 Å². The smallest absolute Gasteiger partial charge is 0.486 e. The number of carbonyl (C=O) groups is 1. The topological polar surface area (TPSA) is 58.6 Å². The first-order valence-electron chi connectivity index (χ1n) is 5.22. The minimum atomic E-state index is -5.08. The normalized spacial score (nSPS) is 14.9. The number of ether oxygens (including phenoxy) is 1. The van der Waals surface area contributed by atoms with E-state index >= 15 is 0 Å². The summed E-state index contributed by atoms with van der Waals surface area (Å²) in [5.41, 5.74) is 0. The second-order valence-electron chi connectivity index (χ2n) is 3.63. The fourth-order valence-corrected chi connectivity index (χ4v) is 1.25. The van der Waals surface area contributed by atoms with Crippen LogP contribution in [0.4, 0.5) is 13.2 Å². The molecule has 0 radical (unpaired) electrons. The second kappa shape index (κ2) is 6.63. The molecule has 1 aromatic rings. The molecule has 1 aromatic carbocycles. The fraction of sp³-hybridized carbons (Fsp3) is 0.364. The Kier molecular flexibility index (Phi) is 5.44. The van der Waals surface area contributed by atoms with Crippen molar-refractivity contribution in [1.29, 1.82) is 0 Å². The van der Waals surface area contributed by atoms with E-state index in [4.69, 9.17) is 26.2 Å². The number of carboxylic acid groups (broad SMARTS) is 1. The number of rotatable bonds is 2. The zero-order chi connectivity index (χ0) is 14.5. The molecule has 0 bridgehead atoms. The van der Waals surface area contributed by atoms with Gasteiger partial charge in [-0.05, 0) is 12.1 Å². The van der Waals surface area contributed by atoms with Gasteiger partial charge < -0.3 is 15.2 Å². The molecular formula is C11H11ClF3NO3. The summed E-state index contributed by atoms with van der Waals surface area (Å²) in [5.74, 6) is -1.97. The largest absolute Gasteiger partial charge is 0.490 e. The van der Waals surface area contributed by atoms with E-state index in [9.17, 15) is 13.2 Å². The van der Waals surface area contributed by atoms with Gasteiger partial charge in [-0.3, -0.25) is 0 Å². The molecule has 8 heteroatoms. The van der Waals surface area contributed by atoms with Crippen molar-refractivity contribution >= 4 is 17.6 Å². The third-order valence-electron chi connectivity index (χ3n) is 2.12. The zero-order valence-corrected chi connectivity index (χ0v) is 10.3. The van der Waals surface area contributed by atoms with Crippen LogP contribution in [0, 0.1) is 0 Å². The maximum Gasteiger partial charge on any atom is 0.490 e. The van der Waals surface area contributed by atoms with Crippen LogP contribution in [0.2, 0.25) is 5.02 Å². The van der Waals surface area contributed by atoms with Crippen molar-refractivity contribution in [2.45, 2.75) is 12.3 Å². The third-order valence-corrected chi connectivity index (χ3v) is 2.43. The van der Waals surface area contributed by atoms with Crippen LogP contribution in [0.25, 0.3) is 0 Å². The summed E-state index contributed by atoms with van der Waals surface area (Å²) in [5, 5.41) is 10.9. The lowest BCUT2D eigenvalue weighted by atomic mass is 10.2. The van der Waals surface area contributed by atoms with Crippen LogP contribution in [0.1, 0.15) is 0 Å². The number of hydrogen-bond acceptors (Lipinski definition) is 3. The summed E-state index contributed by atoms with van der Waals surface area (Å²) in [6, 6.07) is 7.55. The van der Waals surface area contributed by atoms with Crippen LogP contribution in [0.5, 0.6) is 5.75 Å². The van der Waals surface area contributed by atoms with Crippen LogP contribution in [0.15, 0.2) is 24.3 Å². The average Bonchev–Trinajstić information content (AvgIpc) is 2.25. The number of carboxylic acids is 1. The Morgan fingerprint density at radius 2 is 1.89 bits per heavy atom. The molecule has 0 atom stereocenters. The van der Waals surface area contributed by atoms with Gasteiger partial charge in [-0.15, -0.1) is 0 Å². The lowest BCUT2D eigenvalue weighted by molar-refractivity contribution is -0.192. The first-order chi connectivity index (χ1) is 8.80. The maximum absolute atomic E-state index is 10.6. The SMILES string of the molecule is Clc1ccccc1OC1CNC1.O=C(O)C(F)(F)F. The highest BCUT2D eigenvalue weighted by molar-refractivity contribution is 6.32. The monoisotopic (exact) mass is 297 g/mol. The molecule has 106 valence electrons. The van der Waals surface area contributed by atoms with Crippen molar-refractivity contribution in [3.8, 4) is 5.75 Å². The molecule has 1 heterocycles. The van der Waals surface area contributed by atoms with Crippen molar-refractivity contribution < 1.29 is 27.8 Å². The molecule has 0 aliphatic carbocycles. The van der Waals surface area contributed by atoms with Crippen LogP contribution in [-0.2, 0) is 4.79 Å². The van der Waals surface area contributed by atoms with E-state index < -0.39 is 12.1 Å². The molecule has 0 spiro atoms. The van der Waals surface area contributed by atoms with Gasteiger partial charge in [0, 0.05) is 13.1 Å². The molecule has 1 fully saturated rings. The second-order valence-corrected chi connectivity index (χ2v) is 4.04. The molecular weight excluding hydrogens is 287 g/mol. The first-order valence-corrected chi connectivity index (χ1v) is 5.60. The molecule has 1 aliphatic heterocycles. The van der Waals surface area contributed by atoms with E-state index in [1.54, 1.807) is 0 Å². The Morgan fingerprint density at radius 3 is 2.26 bits per heavy atom. The summed E-state index contributed by atoms with van der Waals surface area (Å²) >= 11 is 5.90. The zero-order valence-electron chi connectivity index (χ0n) is 9.58. The van der Waals surface area contributed by atoms with Crippen molar-refractivity contribution in [3.63, 3.8) is 0 Å². The highest BCUT2D eigenvalue weighted by atomic mass is 35.5. The Hall–Kier alpha value is -1.47. The summed E-state index contributed by atoms with van der Waals surface area (Å²) in [7, 11) is 0. The van der Waals surface area contributed by atoms with Gasteiger partial charge in [0.05, 0.1) is 5.02 Å². The van der Waals surface area contributed by atoms with E-state index in [-0.39, 0.29) is 0 Å².